The summed E-state index contributed by atoms with van der Waals surface area (Å²) in [6.45, 7) is 3.90. The topological polar surface area (TPSA) is 74.7 Å². The van der Waals surface area contributed by atoms with Crippen LogP contribution in [0.4, 0.5) is 5.69 Å². The highest BCUT2D eigenvalue weighted by atomic mass is 16.1. The standard InChI is InChI=1S/C21H21N3O/c1-14-6-3-4-9-18(14)21(25)20-13-24-23-11-10-19(15(20)2)16-7-5-8-17(22)12-16/h3-13,23-24H,22H2,1-2H3. The molecule has 1 aromatic heterocycles. The predicted octanol–water partition coefficient (Wildman–Crippen LogP) is 4.56. The van der Waals surface area contributed by atoms with Crippen molar-refractivity contribution in [1.29, 1.82) is 0 Å². The van der Waals surface area contributed by atoms with Gasteiger partial charge in [-0.15, -0.1) is 0 Å². The lowest BCUT2D eigenvalue weighted by Crippen LogP contribution is -2.06. The van der Waals surface area contributed by atoms with E-state index in [1.54, 1.807) is 12.4 Å². The molecular formula is C21H21N3O. The Morgan fingerprint density at radius 1 is 0.920 bits per heavy atom. The van der Waals surface area contributed by atoms with Crippen molar-refractivity contribution in [3.8, 4) is 11.1 Å². The highest BCUT2D eigenvalue weighted by molar-refractivity contribution is 6.11. The van der Waals surface area contributed by atoms with Crippen LogP contribution in [0, 0.1) is 13.8 Å². The van der Waals surface area contributed by atoms with Gasteiger partial charge >= 0.3 is 0 Å². The third-order valence-electron chi connectivity index (χ3n) is 4.27. The summed E-state index contributed by atoms with van der Waals surface area (Å²) in [6.07, 6.45) is 3.51. The minimum atomic E-state index is -0.0124. The Hall–Kier alpha value is -3.27. The number of carbonyl (C=O) groups excluding carboxylic acids is 1. The van der Waals surface area contributed by atoms with Crippen LogP contribution in [0.3, 0.4) is 0 Å². The summed E-state index contributed by atoms with van der Waals surface area (Å²) in [5.74, 6) is -0.0124. The van der Waals surface area contributed by atoms with Crippen molar-refractivity contribution in [3.63, 3.8) is 0 Å². The fourth-order valence-corrected chi connectivity index (χ4v) is 2.89. The number of benzene rings is 2. The average molecular weight is 331 g/mol. The highest BCUT2D eigenvalue weighted by Gasteiger charge is 2.15. The molecule has 0 aliphatic rings. The number of H-pyrrole nitrogens is 2. The molecule has 4 N–H and O–H groups in total. The Bertz CT molecular complexity index is 965. The van der Waals surface area contributed by atoms with Crippen LogP contribution in [0.5, 0.6) is 0 Å². The second-order valence-electron chi connectivity index (χ2n) is 5.99. The largest absolute Gasteiger partial charge is 0.399 e. The number of anilines is 1. The molecule has 0 saturated carbocycles. The van der Waals surface area contributed by atoms with Gasteiger partial charge in [0.2, 0.25) is 0 Å². The molecule has 0 bridgehead atoms. The van der Waals surface area contributed by atoms with Crippen molar-refractivity contribution in [1.82, 2.24) is 10.2 Å². The number of nitrogens with one attached hydrogen (secondary N) is 2. The van der Waals surface area contributed by atoms with Crippen LogP contribution in [-0.2, 0) is 0 Å². The number of ketones is 1. The van der Waals surface area contributed by atoms with Crippen LogP contribution in [0.1, 0.15) is 27.0 Å². The number of aryl methyl sites for hydroxylation is 1. The number of hydrogen-bond acceptors (Lipinski definition) is 2. The van der Waals surface area contributed by atoms with Crippen molar-refractivity contribution in [3.05, 3.63) is 89.2 Å². The molecule has 0 aliphatic carbocycles. The summed E-state index contributed by atoms with van der Waals surface area (Å²) >= 11 is 0. The molecule has 0 aliphatic heterocycles. The second-order valence-corrected chi connectivity index (χ2v) is 5.99. The summed E-state index contributed by atoms with van der Waals surface area (Å²) < 4.78 is 0. The van der Waals surface area contributed by atoms with Crippen molar-refractivity contribution < 1.29 is 4.79 Å². The monoisotopic (exact) mass is 331 g/mol. The first kappa shape index (κ1) is 16.6. The van der Waals surface area contributed by atoms with Gasteiger partial charge in [-0.1, -0.05) is 36.4 Å². The molecule has 0 unspecified atom stereocenters. The zero-order valence-corrected chi connectivity index (χ0v) is 14.3. The molecule has 0 amide bonds. The van der Waals surface area contributed by atoms with E-state index in [0.717, 1.165) is 22.3 Å². The quantitative estimate of drug-likeness (QED) is 0.486. The summed E-state index contributed by atoms with van der Waals surface area (Å²) in [6, 6.07) is 17.2. The lowest BCUT2D eigenvalue weighted by molar-refractivity contribution is 0.103. The smallest absolute Gasteiger partial charge is 0.195 e. The molecule has 0 atom stereocenters. The van der Waals surface area contributed by atoms with E-state index in [1.165, 1.54) is 0 Å². The maximum Gasteiger partial charge on any atom is 0.195 e. The van der Waals surface area contributed by atoms with Gasteiger partial charge < -0.3 is 15.9 Å². The Morgan fingerprint density at radius 2 is 1.72 bits per heavy atom. The molecule has 126 valence electrons. The summed E-state index contributed by atoms with van der Waals surface area (Å²) in [4.78, 5) is 13.1. The molecule has 3 rings (SSSR count). The lowest BCUT2D eigenvalue weighted by Gasteiger charge is -2.11. The number of nitrogens with two attached hydrogens (primary N) is 1. The third kappa shape index (κ3) is 3.48. The van der Waals surface area contributed by atoms with Crippen LogP contribution >= 0.6 is 0 Å². The number of carbonyl (C=O) groups is 1. The molecule has 0 radical (unpaired) electrons. The van der Waals surface area contributed by atoms with E-state index in [-0.39, 0.29) is 5.78 Å². The first-order valence-electron chi connectivity index (χ1n) is 8.13. The third-order valence-corrected chi connectivity index (χ3v) is 4.27. The number of aromatic nitrogens is 2. The minimum absolute atomic E-state index is 0.0124. The van der Waals surface area contributed by atoms with Gasteiger partial charge in [-0.2, -0.15) is 0 Å². The van der Waals surface area contributed by atoms with Crippen molar-refractivity contribution in [2.75, 3.05) is 5.73 Å². The van der Waals surface area contributed by atoms with Crippen LogP contribution in [0.25, 0.3) is 11.1 Å². The van der Waals surface area contributed by atoms with Crippen LogP contribution < -0.4 is 5.73 Å². The van der Waals surface area contributed by atoms with Gasteiger partial charge in [-0.25, -0.2) is 0 Å². The Morgan fingerprint density at radius 3 is 2.48 bits per heavy atom. The minimum Gasteiger partial charge on any atom is -0.399 e. The first-order chi connectivity index (χ1) is 12.1. The van der Waals surface area contributed by atoms with E-state index in [0.29, 0.717) is 16.8 Å². The van der Waals surface area contributed by atoms with Gasteiger partial charge in [0.05, 0.1) is 0 Å². The maximum absolute atomic E-state index is 13.1. The molecule has 0 saturated heterocycles. The summed E-state index contributed by atoms with van der Waals surface area (Å²) in [5, 5.41) is 5.89. The summed E-state index contributed by atoms with van der Waals surface area (Å²) in [5.41, 5.74) is 11.7. The molecule has 1 heterocycles. The molecule has 2 aromatic carbocycles. The van der Waals surface area contributed by atoms with Crippen LogP contribution in [-0.4, -0.2) is 16.0 Å². The Labute approximate surface area is 147 Å². The zero-order chi connectivity index (χ0) is 17.8. The fraction of sp³-hybridized carbons (Fsp3) is 0.0952. The lowest BCUT2D eigenvalue weighted by atomic mass is 9.93. The van der Waals surface area contributed by atoms with E-state index in [2.05, 4.69) is 10.2 Å². The van der Waals surface area contributed by atoms with E-state index < -0.39 is 0 Å². The maximum atomic E-state index is 13.1. The van der Waals surface area contributed by atoms with Gasteiger partial charge in [0.1, 0.15) is 0 Å². The summed E-state index contributed by atoms with van der Waals surface area (Å²) in [7, 11) is 0. The average Bonchev–Trinajstić information content (AvgIpc) is 2.59. The van der Waals surface area contributed by atoms with Gasteiger partial charge in [0, 0.05) is 29.2 Å². The second kappa shape index (κ2) is 7.09. The van der Waals surface area contributed by atoms with Crippen LogP contribution in [0.15, 0.2) is 67.0 Å². The SMILES string of the molecule is Cc1ccccc1C(=O)c1c[nH][nH]ccc(-c2cccc(N)c2)c1C. The van der Waals surface area contributed by atoms with Gasteiger partial charge in [0.15, 0.2) is 5.78 Å². The molecule has 0 fully saturated rings. The van der Waals surface area contributed by atoms with Gasteiger partial charge in [0.25, 0.3) is 0 Å². The normalized spacial score (nSPS) is 10.3. The Kier molecular flexibility index (Phi) is 4.70. The number of aromatic amines is 2. The van der Waals surface area contributed by atoms with E-state index in [4.69, 9.17) is 5.73 Å². The van der Waals surface area contributed by atoms with Gasteiger partial charge in [-0.05, 0) is 54.3 Å². The molecule has 3 aromatic rings. The molecule has 25 heavy (non-hydrogen) atoms. The van der Waals surface area contributed by atoms with E-state index in [9.17, 15) is 4.79 Å². The van der Waals surface area contributed by atoms with Gasteiger partial charge in [-0.3, -0.25) is 4.79 Å². The van der Waals surface area contributed by atoms with E-state index >= 15 is 0 Å². The number of nitrogen functional groups attached to an aromatic ring is 1. The Balaban J connectivity index is 2.22. The highest BCUT2D eigenvalue weighted by Crippen LogP contribution is 2.27. The molecule has 4 nitrogen and oxygen atoms in total. The van der Waals surface area contributed by atoms with Crippen molar-refractivity contribution in [2.45, 2.75) is 13.8 Å². The van der Waals surface area contributed by atoms with Crippen LogP contribution in [0.2, 0.25) is 0 Å². The molecule has 0 spiro atoms. The molecular weight excluding hydrogens is 310 g/mol. The number of rotatable bonds is 3. The van der Waals surface area contributed by atoms with E-state index in [1.807, 2.05) is 68.4 Å². The van der Waals surface area contributed by atoms with Crippen molar-refractivity contribution >= 4 is 11.5 Å². The first-order valence-corrected chi connectivity index (χ1v) is 8.13. The number of hydrogen-bond donors (Lipinski definition) is 3. The molecule has 4 heteroatoms. The fourth-order valence-electron chi connectivity index (χ4n) is 2.89. The zero-order valence-electron chi connectivity index (χ0n) is 14.3. The van der Waals surface area contributed by atoms with Crippen molar-refractivity contribution in [2.24, 2.45) is 0 Å². The predicted molar refractivity (Wildman–Crippen MR) is 102 cm³/mol.